The average Bonchev–Trinajstić information content (AvgIpc) is 2.54. The highest BCUT2D eigenvalue weighted by atomic mass is 16.5. The second kappa shape index (κ2) is 7.26. The number of carbonyl (C=O) groups is 2. The summed E-state index contributed by atoms with van der Waals surface area (Å²) in [6.07, 6.45) is 1.74. The van der Waals surface area contributed by atoms with Crippen LogP contribution in [0.4, 0.5) is 5.69 Å². The summed E-state index contributed by atoms with van der Waals surface area (Å²) in [4.78, 5) is 24.9. The van der Waals surface area contributed by atoms with Crippen LogP contribution in [-0.2, 0) is 9.59 Å². The minimum absolute atomic E-state index is 0.0617. The standard InChI is InChI=1S/C16H23N3O3/c1-11(19-8-4-5-12(10-19)15(17)20)16(21)18-13-6-3-7-14(9-13)22-2/h3,6-7,9,11-12H,4-5,8,10H2,1-2H3,(H2,17,20)(H,18,21)/p+1/t11-,12+/m1/s1. The van der Waals surface area contributed by atoms with E-state index in [-0.39, 0.29) is 23.8 Å². The fourth-order valence-corrected chi connectivity index (χ4v) is 2.87. The molecular weight excluding hydrogens is 282 g/mol. The van der Waals surface area contributed by atoms with Gasteiger partial charge in [0.15, 0.2) is 6.04 Å². The lowest BCUT2D eigenvalue weighted by molar-refractivity contribution is -0.921. The Kier molecular flexibility index (Phi) is 5.38. The number of methoxy groups -OCH3 is 1. The van der Waals surface area contributed by atoms with Crippen LogP contribution in [0.1, 0.15) is 19.8 Å². The summed E-state index contributed by atoms with van der Waals surface area (Å²) >= 11 is 0. The van der Waals surface area contributed by atoms with E-state index in [0.29, 0.717) is 18.0 Å². The molecule has 22 heavy (non-hydrogen) atoms. The largest absolute Gasteiger partial charge is 0.497 e. The summed E-state index contributed by atoms with van der Waals surface area (Å²) in [5.74, 6) is 0.242. The van der Waals surface area contributed by atoms with Crippen LogP contribution in [-0.4, -0.2) is 38.1 Å². The second-order valence-corrected chi connectivity index (χ2v) is 5.80. The first-order chi connectivity index (χ1) is 10.5. The third-order valence-corrected chi connectivity index (χ3v) is 4.30. The second-order valence-electron chi connectivity index (χ2n) is 5.80. The van der Waals surface area contributed by atoms with Crippen molar-refractivity contribution in [2.45, 2.75) is 25.8 Å². The molecule has 1 heterocycles. The molecular formula is C16H24N3O3+. The van der Waals surface area contributed by atoms with Crippen LogP contribution >= 0.6 is 0 Å². The van der Waals surface area contributed by atoms with Crippen molar-refractivity contribution >= 4 is 17.5 Å². The first-order valence-corrected chi connectivity index (χ1v) is 7.60. The Morgan fingerprint density at radius 2 is 2.23 bits per heavy atom. The van der Waals surface area contributed by atoms with Gasteiger partial charge in [-0.2, -0.15) is 0 Å². The maximum absolute atomic E-state index is 12.4. The Bertz CT molecular complexity index is 547. The normalized spacial score (nSPS) is 22.6. The quantitative estimate of drug-likeness (QED) is 0.704. The lowest BCUT2D eigenvalue weighted by Crippen LogP contribution is -3.18. The monoisotopic (exact) mass is 306 g/mol. The molecule has 0 saturated carbocycles. The highest BCUT2D eigenvalue weighted by Crippen LogP contribution is 2.16. The van der Waals surface area contributed by atoms with Crippen LogP contribution in [0.15, 0.2) is 24.3 Å². The van der Waals surface area contributed by atoms with Crippen molar-refractivity contribution in [3.05, 3.63) is 24.3 Å². The lowest BCUT2D eigenvalue weighted by atomic mass is 9.96. The molecule has 0 spiro atoms. The third kappa shape index (κ3) is 3.98. The van der Waals surface area contributed by atoms with Gasteiger partial charge in [-0.25, -0.2) is 0 Å². The highest BCUT2D eigenvalue weighted by Gasteiger charge is 2.33. The number of hydrogen-bond donors (Lipinski definition) is 3. The van der Waals surface area contributed by atoms with E-state index in [4.69, 9.17) is 10.5 Å². The van der Waals surface area contributed by atoms with Crippen molar-refractivity contribution in [2.24, 2.45) is 11.7 Å². The van der Waals surface area contributed by atoms with Gasteiger partial charge in [-0.05, 0) is 31.9 Å². The van der Waals surface area contributed by atoms with Crippen LogP contribution in [0.25, 0.3) is 0 Å². The number of primary amides is 1. The van der Waals surface area contributed by atoms with Gasteiger partial charge in [-0.3, -0.25) is 9.59 Å². The van der Waals surface area contributed by atoms with Gasteiger partial charge in [0.05, 0.1) is 26.1 Å². The van der Waals surface area contributed by atoms with E-state index in [1.807, 2.05) is 25.1 Å². The van der Waals surface area contributed by atoms with E-state index in [2.05, 4.69) is 5.32 Å². The van der Waals surface area contributed by atoms with Crippen LogP contribution in [0.3, 0.4) is 0 Å². The van der Waals surface area contributed by atoms with E-state index in [1.165, 1.54) is 0 Å². The first-order valence-electron chi connectivity index (χ1n) is 7.60. The summed E-state index contributed by atoms with van der Waals surface area (Å²) in [5.41, 5.74) is 6.10. The maximum atomic E-state index is 12.4. The predicted octanol–water partition coefficient (Wildman–Crippen LogP) is -0.198. The average molecular weight is 306 g/mol. The number of likely N-dealkylation sites (tertiary alicyclic amines) is 1. The number of benzene rings is 1. The van der Waals surface area contributed by atoms with Crippen LogP contribution < -0.4 is 20.7 Å². The number of rotatable bonds is 5. The zero-order valence-corrected chi connectivity index (χ0v) is 13.1. The Balaban J connectivity index is 1.97. The van der Waals surface area contributed by atoms with E-state index in [0.717, 1.165) is 24.3 Å². The van der Waals surface area contributed by atoms with Gasteiger partial charge in [-0.1, -0.05) is 6.07 Å². The van der Waals surface area contributed by atoms with E-state index in [1.54, 1.807) is 13.2 Å². The van der Waals surface area contributed by atoms with Crippen molar-refractivity contribution in [2.75, 3.05) is 25.5 Å². The van der Waals surface area contributed by atoms with E-state index < -0.39 is 0 Å². The third-order valence-electron chi connectivity index (χ3n) is 4.30. The molecule has 2 amide bonds. The summed E-state index contributed by atoms with van der Waals surface area (Å²) in [5, 5.41) is 2.90. The molecule has 1 fully saturated rings. The number of hydrogen-bond acceptors (Lipinski definition) is 3. The molecule has 3 atom stereocenters. The molecule has 1 aliphatic heterocycles. The van der Waals surface area contributed by atoms with Gasteiger partial charge >= 0.3 is 0 Å². The fraction of sp³-hybridized carbons (Fsp3) is 0.500. The molecule has 0 aliphatic carbocycles. The van der Waals surface area contributed by atoms with Gasteiger partial charge in [-0.15, -0.1) is 0 Å². The minimum atomic E-state index is -0.266. The maximum Gasteiger partial charge on any atom is 0.282 e. The Morgan fingerprint density at radius 3 is 2.91 bits per heavy atom. The van der Waals surface area contributed by atoms with Crippen LogP contribution in [0.2, 0.25) is 0 Å². The molecule has 0 aromatic heterocycles. The zero-order valence-electron chi connectivity index (χ0n) is 13.1. The molecule has 1 saturated heterocycles. The molecule has 6 heteroatoms. The SMILES string of the molecule is COc1cccc(NC(=O)[C@@H](C)[NH+]2CCC[C@H](C(N)=O)C2)c1. The Hall–Kier alpha value is -2.08. The number of nitrogens with one attached hydrogen (secondary N) is 2. The number of quaternary nitrogens is 1. The molecule has 4 N–H and O–H groups in total. The number of ether oxygens (including phenoxy) is 1. The van der Waals surface area contributed by atoms with Crippen molar-refractivity contribution < 1.29 is 19.2 Å². The number of amides is 2. The van der Waals surface area contributed by atoms with E-state index >= 15 is 0 Å². The van der Waals surface area contributed by atoms with Crippen molar-refractivity contribution in [1.29, 1.82) is 0 Å². The molecule has 1 aromatic rings. The fourth-order valence-electron chi connectivity index (χ4n) is 2.87. The molecule has 6 nitrogen and oxygen atoms in total. The molecule has 2 rings (SSSR count). The van der Waals surface area contributed by atoms with Gasteiger partial charge in [0, 0.05) is 11.8 Å². The summed E-state index contributed by atoms with van der Waals surface area (Å²) < 4.78 is 5.15. The summed E-state index contributed by atoms with van der Waals surface area (Å²) in [7, 11) is 1.59. The zero-order chi connectivity index (χ0) is 16.1. The van der Waals surface area contributed by atoms with Crippen molar-refractivity contribution in [3.8, 4) is 5.75 Å². The molecule has 120 valence electrons. The Morgan fingerprint density at radius 1 is 1.45 bits per heavy atom. The number of anilines is 1. The number of nitrogens with two attached hydrogens (primary N) is 1. The molecule has 1 aliphatic rings. The van der Waals surface area contributed by atoms with Gasteiger partial charge in [0.1, 0.15) is 5.75 Å². The lowest BCUT2D eigenvalue weighted by Gasteiger charge is -2.31. The number of piperidine rings is 1. The van der Waals surface area contributed by atoms with Gasteiger partial charge in [0.2, 0.25) is 5.91 Å². The molecule has 0 radical (unpaired) electrons. The van der Waals surface area contributed by atoms with Crippen LogP contribution in [0.5, 0.6) is 5.75 Å². The van der Waals surface area contributed by atoms with Gasteiger partial charge < -0.3 is 20.7 Å². The number of carbonyl (C=O) groups excluding carboxylic acids is 2. The van der Waals surface area contributed by atoms with Crippen molar-refractivity contribution in [3.63, 3.8) is 0 Å². The smallest absolute Gasteiger partial charge is 0.282 e. The highest BCUT2D eigenvalue weighted by molar-refractivity contribution is 5.93. The predicted molar refractivity (Wildman–Crippen MR) is 83.7 cm³/mol. The molecule has 1 unspecified atom stereocenters. The molecule has 0 bridgehead atoms. The minimum Gasteiger partial charge on any atom is -0.497 e. The Labute approximate surface area is 130 Å². The van der Waals surface area contributed by atoms with E-state index in [9.17, 15) is 9.59 Å². The molecule has 1 aromatic carbocycles. The topological polar surface area (TPSA) is 85.9 Å². The van der Waals surface area contributed by atoms with Crippen molar-refractivity contribution in [1.82, 2.24) is 0 Å². The van der Waals surface area contributed by atoms with Gasteiger partial charge in [0.25, 0.3) is 5.91 Å². The first kappa shape index (κ1) is 16.3. The summed E-state index contributed by atoms with van der Waals surface area (Å²) in [6, 6.07) is 7.03. The summed E-state index contributed by atoms with van der Waals surface area (Å²) in [6.45, 7) is 3.40. The van der Waals surface area contributed by atoms with Crippen LogP contribution in [0, 0.1) is 5.92 Å².